The van der Waals surface area contributed by atoms with Crippen molar-refractivity contribution in [1.82, 2.24) is 9.97 Å². The van der Waals surface area contributed by atoms with Gasteiger partial charge in [0.05, 0.1) is 62.0 Å². The van der Waals surface area contributed by atoms with Gasteiger partial charge in [-0.3, -0.25) is 20.0 Å². The van der Waals surface area contributed by atoms with Crippen LogP contribution < -0.4 is 9.47 Å². The molecule has 9 heteroatoms. The number of rotatable bonds is 19. The molecule has 6 rings (SSSR count). The van der Waals surface area contributed by atoms with Gasteiger partial charge < -0.3 is 18.9 Å². The number of benzene rings is 4. The average molecular weight is 779 g/mol. The van der Waals surface area contributed by atoms with Crippen LogP contribution in [0.1, 0.15) is 67.5 Å². The molecule has 4 aromatic carbocycles. The van der Waals surface area contributed by atoms with Crippen LogP contribution in [-0.2, 0) is 35.9 Å². The van der Waals surface area contributed by atoms with Crippen LogP contribution in [-0.4, -0.2) is 41.4 Å². The van der Waals surface area contributed by atoms with Crippen molar-refractivity contribution < 1.29 is 18.9 Å². The van der Waals surface area contributed by atoms with Crippen molar-refractivity contribution in [3.63, 3.8) is 0 Å². The van der Waals surface area contributed by atoms with E-state index in [0.717, 1.165) is 50.7 Å². The Morgan fingerprint density at radius 2 is 1.00 bits per heavy atom. The van der Waals surface area contributed by atoms with E-state index in [4.69, 9.17) is 23.9 Å². The maximum absolute atomic E-state index is 6.18. The number of hydrogen-bond acceptors (Lipinski definition) is 8. The van der Waals surface area contributed by atoms with E-state index in [1.54, 1.807) is 24.8 Å². The lowest BCUT2D eigenvalue weighted by Crippen LogP contribution is -2.08. The van der Waals surface area contributed by atoms with Crippen LogP contribution in [0.4, 0.5) is 0 Å². The maximum atomic E-state index is 6.18. The predicted molar refractivity (Wildman–Crippen MR) is 233 cm³/mol. The fourth-order valence-electron chi connectivity index (χ4n) is 6.34. The smallest absolute Gasteiger partial charge is 0.138 e. The minimum Gasteiger partial charge on any atom is -0.487 e. The fraction of sp³-hybridized carbons (Fsp3) is 0.250. The second-order valence-electron chi connectivity index (χ2n) is 14.3. The molecule has 0 saturated heterocycles. The summed E-state index contributed by atoms with van der Waals surface area (Å²) in [6, 6.07) is 38.8. The van der Waals surface area contributed by atoms with E-state index >= 15 is 0 Å². The first-order valence-electron chi connectivity index (χ1n) is 19.2. The number of aliphatic imine (C=N–C) groups is 2. The van der Waals surface area contributed by atoms with Crippen LogP contribution in [0.5, 0.6) is 11.5 Å². The van der Waals surface area contributed by atoms with E-state index in [1.165, 1.54) is 22.3 Å². The zero-order chi connectivity index (χ0) is 39.8. The molecule has 292 valence electrons. The van der Waals surface area contributed by atoms with Crippen molar-refractivity contribution >= 4 is 21.7 Å². The molecular weight excluding hydrogens is 728 g/mol. The zero-order valence-electron chi connectivity index (χ0n) is 33.2. The number of pyridine rings is 2. The van der Waals surface area contributed by atoms with Crippen LogP contribution in [0.2, 0.25) is 0 Å². The highest BCUT2D eigenvalue weighted by Crippen LogP contribution is 2.20. The first-order valence-corrected chi connectivity index (χ1v) is 19.8. The molecule has 0 bridgehead atoms. The second-order valence-corrected chi connectivity index (χ2v) is 15.1. The summed E-state index contributed by atoms with van der Waals surface area (Å²) >= 11 is 0. The van der Waals surface area contributed by atoms with E-state index < -0.39 is 0 Å². The van der Waals surface area contributed by atoms with Crippen LogP contribution in [0.25, 0.3) is 0 Å². The zero-order valence-corrected chi connectivity index (χ0v) is 34.3. The van der Waals surface area contributed by atoms with Crippen molar-refractivity contribution in [2.24, 2.45) is 9.98 Å². The van der Waals surface area contributed by atoms with Crippen LogP contribution in [0.3, 0.4) is 0 Å². The summed E-state index contributed by atoms with van der Waals surface area (Å²) < 4.78 is 24.0. The number of aromatic nitrogens is 2. The van der Waals surface area contributed by atoms with Crippen molar-refractivity contribution in [2.45, 2.75) is 65.9 Å². The predicted octanol–water partition coefficient (Wildman–Crippen LogP) is 10.1. The molecule has 3 atom stereocenters. The second kappa shape index (κ2) is 21.1. The van der Waals surface area contributed by atoms with Gasteiger partial charge in [-0.25, -0.2) is 0 Å². The molecule has 2 aromatic heterocycles. The summed E-state index contributed by atoms with van der Waals surface area (Å²) in [4.78, 5) is 18.5. The quantitative estimate of drug-likeness (QED) is 0.0601. The topological polar surface area (TPSA) is 87.4 Å². The molecule has 2 heterocycles. The van der Waals surface area contributed by atoms with Gasteiger partial charge in [0.15, 0.2) is 0 Å². The molecule has 3 unspecified atom stereocenters. The molecule has 0 radical (unpaired) electrons. The lowest BCUT2D eigenvalue weighted by molar-refractivity contribution is 0.108. The summed E-state index contributed by atoms with van der Waals surface area (Å²) in [5.41, 5.74) is 12.0. The van der Waals surface area contributed by atoms with Gasteiger partial charge in [-0.1, -0.05) is 113 Å². The SMILES string of the molecule is Cc1cc(C)cc(COc2ccc(C=NC(P)COCc3ccc(COCC(N=Cc4ccc(OCc5cc(C)cc(C)c5)cn4)c4ccccc4)cc3)nc2)c1. The van der Waals surface area contributed by atoms with Crippen molar-refractivity contribution in [1.29, 1.82) is 0 Å². The number of aryl methyl sites for hydroxylation is 4. The third kappa shape index (κ3) is 13.9. The normalized spacial score (nSPS) is 12.6. The Morgan fingerprint density at radius 1 is 0.526 bits per heavy atom. The van der Waals surface area contributed by atoms with Crippen LogP contribution in [0, 0.1) is 27.7 Å². The minimum absolute atomic E-state index is 0.0943. The summed E-state index contributed by atoms with van der Waals surface area (Å²) in [6.07, 6.45) is 7.03. The van der Waals surface area contributed by atoms with Crippen LogP contribution >= 0.6 is 9.24 Å². The van der Waals surface area contributed by atoms with E-state index in [2.05, 4.69) is 125 Å². The van der Waals surface area contributed by atoms with Gasteiger partial charge in [0.2, 0.25) is 0 Å². The highest BCUT2D eigenvalue weighted by molar-refractivity contribution is 7.17. The van der Waals surface area contributed by atoms with Gasteiger partial charge >= 0.3 is 0 Å². The van der Waals surface area contributed by atoms with E-state index in [-0.39, 0.29) is 11.8 Å². The molecule has 0 N–H and O–H groups in total. The number of hydrogen-bond donors (Lipinski definition) is 0. The van der Waals surface area contributed by atoms with E-state index in [9.17, 15) is 0 Å². The molecule has 0 aliphatic heterocycles. The van der Waals surface area contributed by atoms with E-state index in [0.29, 0.717) is 39.6 Å². The summed E-state index contributed by atoms with van der Waals surface area (Å²) in [7, 11) is 2.72. The summed E-state index contributed by atoms with van der Waals surface area (Å²) in [6.45, 7) is 11.2. The third-order valence-corrected chi connectivity index (χ3v) is 9.35. The minimum atomic E-state index is -0.174. The standard InChI is InChI=1S/C48H51N4O4P/c1-34-18-35(2)21-40(20-34)30-55-45-16-14-43(49-26-45)24-51-47(42-8-6-5-7-9-42)32-53-28-38-10-12-39(13-11-38)29-54-33-48(57)52-25-44-15-17-46(27-50-44)56-31-41-22-36(3)19-37(4)23-41/h5-27,47-48H,28-33,57H2,1-4H3. The molecule has 0 aliphatic rings. The Morgan fingerprint density at radius 3 is 1.47 bits per heavy atom. The summed E-state index contributed by atoms with van der Waals surface area (Å²) in [5.74, 6) is 1.35. The Labute approximate surface area is 339 Å². The molecule has 0 fully saturated rings. The Balaban J connectivity index is 0.913. The highest BCUT2D eigenvalue weighted by atomic mass is 31.0. The molecule has 0 amide bonds. The van der Waals surface area contributed by atoms with Gasteiger partial charge in [-0.2, -0.15) is 0 Å². The Hall–Kier alpha value is -5.53. The van der Waals surface area contributed by atoms with Crippen LogP contribution in [0.15, 0.2) is 138 Å². The monoisotopic (exact) mass is 778 g/mol. The van der Waals surface area contributed by atoms with Gasteiger partial charge in [0.25, 0.3) is 0 Å². The average Bonchev–Trinajstić information content (AvgIpc) is 3.21. The molecule has 0 spiro atoms. The first-order chi connectivity index (χ1) is 27.7. The fourth-order valence-corrected chi connectivity index (χ4v) is 6.57. The first kappa shape index (κ1) is 41.1. The van der Waals surface area contributed by atoms with Gasteiger partial charge in [-0.05, 0) is 79.8 Å². The lowest BCUT2D eigenvalue weighted by Gasteiger charge is -2.14. The number of ether oxygens (including phenoxy) is 4. The maximum Gasteiger partial charge on any atom is 0.138 e. The molecule has 57 heavy (non-hydrogen) atoms. The highest BCUT2D eigenvalue weighted by Gasteiger charge is 2.11. The van der Waals surface area contributed by atoms with Gasteiger partial charge in [0.1, 0.15) is 24.7 Å². The Bertz CT molecular complexity index is 2170. The van der Waals surface area contributed by atoms with Gasteiger partial charge in [-0.15, -0.1) is 9.24 Å². The largest absolute Gasteiger partial charge is 0.487 e. The van der Waals surface area contributed by atoms with E-state index in [1.807, 2.05) is 42.5 Å². The lowest BCUT2D eigenvalue weighted by atomic mass is 10.1. The van der Waals surface area contributed by atoms with Crippen molar-refractivity contribution in [3.8, 4) is 11.5 Å². The summed E-state index contributed by atoms with van der Waals surface area (Å²) in [5, 5.41) is 0. The van der Waals surface area contributed by atoms with Gasteiger partial charge in [0, 0.05) is 12.4 Å². The number of nitrogens with zero attached hydrogens (tertiary/aromatic N) is 4. The molecule has 8 nitrogen and oxygen atoms in total. The molecule has 6 aromatic rings. The van der Waals surface area contributed by atoms with Crippen molar-refractivity contribution in [2.75, 3.05) is 13.2 Å². The third-order valence-electron chi connectivity index (χ3n) is 8.99. The molecule has 0 aliphatic carbocycles. The van der Waals surface area contributed by atoms with Crippen molar-refractivity contribution in [3.05, 3.63) is 189 Å². The molecular formula is C48H51N4O4P. The Kier molecular flexibility index (Phi) is 15.2. The molecule has 0 saturated carbocycles.